The van der Waals surface area contributed by atoms with Crippen LogP contribution in [0.5, 0.6) is 0 Å². The Labute approximate surface area is 124 Å². The van der Waals surface area contributed by atoms with Gasteiger partial charge in [-0.15, -0.1) is 11.8 Å². The van der Waals surface area contributed by atoms with Gasteiger partial charge in [0.05, 0.1) is 5.75 Å². The van der Waals surface area contributed by atoms with Crippen molar-refractivity contribution < 1.29 is 9.18 Å². The summed E-state index contributed by atoms with van der Waals surface area (Å²) in [6.07, 6.45) is 0. The molecule has 19 heavy (non-hydrogen) atoms. The molecule has 0 N–H and O–H groups in total. The summed E-state index contributed by atoms with van der Waals surface area (Å²) < 4.78 is 14.4. The van der Waals surface area contributed by atoms with E-state index >= 15 is 0 Å². The second-order valence-corrected chi connectivity index (χ2v) is 6.10. The van der Waals surface area contributed by atoms with Crippen molar-refractivity contribution in [3.63, 3.8) is 0 Å². The Morgan fingerprint density at radius 2 is 2.05 bits per heavy atom. The molecule has 0 aliphatic carbocycles. The maximum atomic E-state index is 13.4. The molecule has 4 heteroatoms. The number of carbonyl (C=O) groups is 1. The summed E-state index contributed by atoms with van der Waals surface area (Å²) in [5, 5.41) is 0. The highest BCUT2D eigenvalue weighted by Crippen LogP contribution is 2.23. The monoisotopic (exact) mass is 338 g/mol. The molecule has 0 unspecified atom stereocenters. The topological polar surface area (TPSA) is 17.1 Å². The Kier molecular flexibility index (Phi) is 4.77. The number of halogens is 2. The number of hydrogen-bond acceptors (Lipinski definition) is 2. The van der Waals surface area contributed by atoms with Gasteiger partial charge in [-0.1, -0.05) is 34.1 Å². The van der Waals surface area contributed by atoms with Gasteiger partial charge in [0.25, 0.3) is 0 Å². The Morgan fingerprint density at radius 3 is 2.74 bits per heavy atom. The zero-order valence-corrected chi connectivity index (χ0v) is 12.7. The summed E-state index contributed by atoms with van der Waals surface area (Å²) in [5.41, 5.74) is 0.974. The Bertz CT molecular complexity index is 613. The van der Waals surface area contributed by atoms with Crippen molar-refractivity contribution in [1.82, 2.24) is 0 Å². The molecule has 0 aliphatic rings. The molecule has 0 aliphatic heterocycles. The SMILES string of the molecule is Cc1ccc(C(=O)CSc2cccc(Br)c2)cc1F. The van der Waals surface area contributed by atoms with Crippen LogP contribution in [0.15, 0.2) is 51.8 Å². The molecule has 0 fully saturated rings. The normalized spacial score (nSPS) is 10.5. The number of carbonyl (C=O) groups excluding carboxylic acids is 1. The van der Waals surface area contributed by atoms with Gasteiger partial charge < -0.3 is 0 Å². The van der Waals surface area contributed by atoms with Crippen molar-refractivity contribution >= 4 is 33.5 Å². The number of thioether (sulfide) groups is 1. The van der Waals surface area contributed by atoms with E-state index in [1.807, 2.05) is 24.3 Å². The number of benzene rings is 2. The fraction of sp³-hybridized carbons (Fsp3) is 0.133. The first-order chi connectivity index (χ1) is 9.06. The van der Waals surface area contributed by atoms with Crippen molar-refractivity contribution in [2.75, 3.05) is 5.75 Å². The highest BCUT2D eigenvalue weighted by atomic mass is 79.9. The first-order valence-corrected chi connectivity index (χ1v) is 7.52. The van der Waals surface area contributed by atoms with E-state index in [-0.39, 0.29) is 11.6 Å². The molecule has 0 spiro atoms. The highest BCUT2D eigenvalue weighted by Gasteiger charge is 2.09. The summed E-state index contributed by atoms with van der Waals surface area (Å²) in [6.45, 7) is 1.68. The zero-order chi connectivity index (χ0) is 13.8. The molecule has 1 nitrogen and oxygen atoms in total. The lowest BCUT2D eigenvalue weighted by atomic mass is 10.1. The van der Waals surface area contributed by atoms with E-state index in [2.05, 4.69) is 15.9 Å². The van der Waals surface area contributed by atoms with Gasteiger partial charge in [-0.2, -0.15) is 0 Å². The van der Waals surface area contributed by atoms with E-state index in [9.17, 15) is 9.18 Å². The lowest BCUT2D eigenvalue weighted by molar-refractivity contribution is 0.102. The van der Waals surface area contributed by atoms with Gasteiger partial charge in [0.2, 0.25) is 0 Å². The van der Waals surface area contributed by atoms with Gasteiger partial charge in [0.1, 0.15) is 5.82 Å². The second-order valence-electron chi connectivity index (χ2n) is 4.13. The standard InChI is InChI=1S/C15H12BrFOS/c1-10-5-6-11(7-14(10)17)15(18)9-19-13-4-2-3-12(16)8-13/h2-8H,9H2,1H3. The molecular weight excluding hydrogens is 327 g/mol. The lowest BCUT2D eigenvalue weighted by Gasteiger charge is -2.04. The van der Waals surface area contributed by atoms with Gasteiger partial charge in [-0.3, -0.25) is 4.79 Å². The number of Topliss-reactive ketones (excluding diaryl/α,β-unsaturated/α-hetero) is 1. The fourth-order valence-corrected chi connectivity index (χ4v) is 2.96. The Hall–Kier alpha value is -1.13. The summed E-state index contributed by atoms with van der Waals surface area (Å²) in [4.78, 5) is 13.0. The van der Waals surface area contributed by atoms with Crippen LogP contribution >= 0.6 is 27.7 Å². The van der Waals surface area contributed by atoms with E-state index in [0.29, 0.717) is 16.9 Å². The van der Waals surface area contributed by atoms with Gasteiger partial charge in [0.15, 0.2) is 5.78 Å². The van der Waals surface area contributed by atoms with Crippen LogP contribution in [0.3, 0.4) is 0 Å². The van der Waals surface area contributed by atoms with E-state index in [0.717, 1.165) is 9.37 Å². The smallest absolute Gasteiger partial charge is 0.173 e. The van der Waals surface area contributed by atoms with Crippen LogP contribution in [-0.4, -0.2) is 11.5 Å². The molecule has 98 valence electrons. The minimum absolute atomic E-state index is 0.0659. The summed E-state index contributed by atoms with van der Waals surface area (Å²) >= 11 is 4.83. The highest BCUT2D eigenvalue weighted by molar-refractivity contribution is 9.10. The molecule has 0 atom stereocenters. The fourth-order valence-electron chi connectivity index (χ4n) is 1.56. The maximum Gasteiger partial charge on any atom is 0.173 e. The maximum absolute atomic E-state index is 13.4. The van der Waals surface area contributed by atoms with Gasteiger partial charge >= 0.3 is 0 Å². The molecule has 0 radical (unpaired) electrons. The van der Waals surface area contributed by atoms with Crippen molar-refractivity contribution in [2.45, 2.75) is 11.8 Å². The summed E-state index contributed by atoms with van der Waals surface area (Å²) in [7, 11) is 0. The molecule has 0 bridgehead atoms. The number of rotatable bonds is 4. The van der Waals surface area contributed by atoms with Gasteiger partial charge in [0, 0.05) is 14.9 Å². The predicted molar refractivity (Wildman–Crippen MR) is 80.3 cm³/mol. The lowest BCUT2D eigenvalue weighted by Crippen LogP contribution is -2.03. The van der Waals surface area contributed by atoms with Crippen molar-refractivity contribution in [3.8, 4) is 0 Å². The minimum Gasteiger partial charge on any atom is -0.293 e. The van der Waals surface area contributed by atoms with Crippen LogP contribution in [0.4, 0.5) is 4.39 Å². The zero-order valence-electron chi connectivity index (χ0n) is 10.3. The van der Waals surface area contributed by atoms with E-state index in [1.54, 1.807) is 19.1 Å². The van der Waals surface area contributed by atoms with Crippen LogP contribution in [0.25, 0.3) is 0 Å². The number of ketones is 1. The number of hydrogen-bond donors (Lipinski definition) is 0. The van der Waals surface area contributed by atoms with Crippen molar-refractivity contribution in [3.05, 3.63) is 63.9 Å². The third-order valence-corrected chi connectivity index (χ3v) is 4.15. The average Bonchev–Trinajstić information content (AvgIpc) is 2.39. The van der Waals surface area contributed by atoms with E-state index in [4.69, 9.17) is 0 Å². The van der Waals surface area contributed by atoms with Gasteiger partial charge in [-0.05, 0) is 36.8 Å². The Morgan fingerprint density at radius 1 is 1.26 bits per heavy atom. The van der Waals surface area contributed by atoms with Crippen LogP contribution in [0.2, 0.25) is 0 Å². The minimum atomic E-state index is -0.335. The molecule has 2 rings (SSSR count). The van der Waals surface area contributed by atoms with E-state index in [1.165, 1.54) is 17.8 Å². The van der Waals surface area contributed by atoms with Crippen LogP contribution in [0, 0.1) is 12.7 Å². The first kappa shape index (κ1) is 14.3. The van der Waals surface area contributed by atoms with Crippen molar-refractivity contribution in [2.24, 2.45) is 0 Å². The molecule has 0 heterocycles. The van der Waals surface area contributed by atoms with Gasteiger partial charge in [-0.25, -0.2) is 4.39 Å². The second kappa shape index (κ2) is 6.35. The largest absolute Gasteiger partial charge is 0.293 e. The Balaban J connectivity index is 2.03. The summed E-state index contributed by atoms with van der Waals surface area (Å²) in [6, 6.07) is 12.4. The number of aryl methyl sites for hydroxylation is 1. The van der Waals surface area contributed by atoms with Crippen LogP contribution < -0.4 is 0 Å². The quantitative estimate of drug-likeness (QED) is 0.584. The average molecular weight is 339 g/mol. The molecule has 2 aromatic carbocycles. The molecular formula is C15H12BrFOS. The molecule has 0 saturated heterocycles. The first-order valence-electron chi connectivity index (χ1n) is 5.74. The molecule has 0 aromatic heterocycles. The molecule has 2 aromatic rings. The predicted octanol–water partition coefficient (Wildman–Crippen LogP) is 4.87. The third-order valence-electron chi connectivity index (χ3n) is 2.66. The molecule has 0 amide bonds. The van der Waals surface area contributed by atoms with Crippen LogP contribution in [-0.2, 0) is 0 Å². The third kappa shape index (κ3) is 3.91. The molecule has 0 saturated carbocycles. The van der Waals surface area contributed by atoms with Crippen LogP contribution in [0.1, 0.15) is 15.9 Å². The van der Waals surface area contributed by atoms with E-state index < -0.39 is 0 Å². The summed E-state index contributed by atoms with van der Waals surface area (Å²) in [5.74, 6) is -0.0962. The van der Waals surface area contributed by atoms with Crippen molar-refractivity contribution in [1.29, 1.82) is 0 Å².